The summed E-state index contributed by atoms with van der Waals surface area (Å²) in [6.45, 7) is 9.72. The maximum absolute atomic E-state index is 13.0. The quantitative estimate of drug-likeness (QED) is 0.628. The van der Waals surface area contributed by atoms with Gasteiger partial charge in [-0.2, -0.15) is 0 Å². The molecule has 1 aromatic rings. The first kappa shape index (κ1) is 16.1. The van der Waals surface area contributed by atoms with Gasteiger partial charge in [0.25, 0.3) is 0 Å². The van der Waals surface area contributed by atoms with Crippen molar-refractivity contribution in [1.29, 1.82) is 0 Å². The summed E-state index contributed by atoms with van der Waals surface area (Å²) in [5.41, 5.74) is 3.28. The highest BCUT2D eigenvalue weighted by molar-refractivity contribution is 6.00. The van der Waals surface area contributed by atoms with Gasteiger partial charge in [0, 0.05) is 5.41 Å². The zero-order valence-electron chi connectivity index (χ0n) is 15.6. The van der Waals surface area contributed by atoms with Crippen molar-refractivity contribution < 1.29 is 4.79 Å². The van der Waals surface area contributed by atoms with Gasteiger partial charge in [-0.15, -0.1) is 0 Å². The SMILES string of the molecule is CC1(C)CCC[C@@]2(C)C3=CC(=O)[C@@H](c4ccccc4)[C@]3(C)CC[C@H]12. The highest BCUT2D eigenvalue weighted by Gasteiger charge is 2.60. The normalized spacial score (nSPS) is 40.7. The number of carbonyl (C=O) groups excluding carboxylic acids is 1. The molecule has 24 heavy (non-hydrogen) atoms. The molecular formula is C23H30O. The van der Waals surface area contributed by atoms with Crippen molar-refractivity contribution in [2.24, 2.45) is 22.2 Å². The van der Waals surface area contributed by atoms with Crippen LogP contribution in [0.25, 0.3) is 0 Å². The Morgan fingerprint density at radius 3 is 2.33 bits per heavy atom. The predicted octanol–water partition coefficient (Wildman–Crippen LogP) is 5.91. The Bertz CT molecular complexity index is 698. The predicted molar refractivity (Wildman–Crippen MR) is 98.8 cm³/mol. The number of fused-ring (bicyclic) bond motifs is 3. The van der Waals surface area contributed by atoms with Crippen molar-refractivity contribution in [3.63, 3.8) is 0 Å². The van der Waals surface area contributed by atoms with Crippen LogP contribution in [0.2, 0.25) is 0 Å². The summed E-state index contributed by atoms with van der Waals surface area (Å²) < 4.78 is 0. The fourth-order valence-corrected chi connectivity index (χ4v) is 6.73. The van der Waals surface area contributed by atoms with Gasteiger partial charge >= 0.3 is 0 Å². The molecular weight excluding hydrogens is 292 g/mol. The number of allylic oxidation sites excluding steroid dienone is 2. The molecule has 4 rings (SSSR count). The van der Waals surface area contributed by atoms with Crippen LogP contribution in [0.15, 0.2) is 42.0 Å². The Hall–Kier alpha value is -1.37. The largest absolute Gasteiger partial charge is 0.294 e. The topological polar surface area (TPSA) is 17.1 Å². The van der Waals surface area contributed by atoms with Gasteiger partial charge in [-0.1, -0.05) is 70.0 Å². The number of carbonyl (C=O) groups is 1. The van der Waals surface area contributed by atoms with Gasteiger partial charge in [0.2, 0.25) is 0 Å². The summed E-state index contributed by atoms with van der Waals surface area (Å²) in [6, 6.07) is 10.5. The molecule has 0 unspecified atom stereocenters. The maximum Gasteiger partial charge on any atom is 0.163 e. The van der Waals surface area contributed by atoms with Crippen LogP contribution < -0.4 is 0 Å². The average molecular weight is 322 g/mol. The first-order valence-electron chi connectivity index (χ1n) is 9.60. The minimum absolute atomic E-state index is 0.0110. The lowest BCUT2D eigenvalue weighted by Gasteiger charge is -2.59. The zero-order chi connectivity index (χ0) is 17.2. The number of rotatable bonds is 1. The lowest BCUT2D eigenvalue weighted by atomic mass is 9.45. The molecule has 3 aliphatic carbocycles. The Morgan fingerprint density at radius 1 is 0.917 bits per heavy atom. The summed E-state index contributed by atoms with van der Waals surface area (Å²) >= 11 is 0. The smallest absolute Gasteiger partial charge is 0.163 e. The lowest BCUT2D eigenvalue weighted by molar-refractivity contribution is -0.117. The van der Waals surface area contributed by atoms with E-state index in [2.05, 4.69) is 58.0 Å². The fraction of sp³-hybridized carbons (Fsp3) is 0.609. The van der Waals surface area contributed by atoms with E-state index in [-0.39, 0.29) is 16.7 Å². The molecule has 0 bridgehead atoms. The van der Waals surface area contributed by atoms with Crippen molar-refractivity contribution in [3.05, 3.63) is 47.5 Å². The van der Waals surface area contributed by atoms with Crippen LogP contribution in [0.5, 0.6) is 0 Å². The third kappa shape index (κ3) is 2.03. The number of ketones is 1. The number of benzene rings is 1. The molecule has 0 radical (unpaired) electrons. The fourth-order valence-electron chi connectivity index (χ4n) is 6.73. The van der Waals surface area contributed by atoms with E-state index < -0.39 is 0 Å². The third-order valence-electron chi connectivity index (χ3n) is 7.75. The summed E-state index contributed by atoms with van der Waals surface area (Å²) in [6.07, 6.45) is 8.33. The molecule has 0 aromatic heterocycles. The Morgan fingerprint density at radius 2 is 1.62 bits per heavy atom. The molecule has 2 saturated carbocycles. The molecule has 128 valence electrons. The highest BCUT2D eigenvalue weighted by atomic mass is 16.1. The van der Waals surface area contributed by atoms with E-state index in [4.69, 9.17) is 0 Å². The van der Waals surface area contributed by atoms with Crippen LogP contribution in [-0.4, -0.2) is 5.78 Å². The standard InChI is InChI=1S/C23H30O/c1-21(2)12-8-13-22(3)18(21)11-14-23(4)19(22)15-17(24)20(23)16-9-6-5-7-10-16/h5-7,9-10,15,18,20H,8,11-14H2,1-4H3/t18-,20-,22-,23-/m1/s1. The van der Waals surface area contributed by atoms with Crippen LogP contribution in [-0.2, 0) is 4.79 Å². The van der Waals surface area contributed by atoms with E-state index in [0.29, 0.717) is 17.1 Å². The van der Waals surface area contributed by atoms with E-state index in [0.717, 1.165) is 6.42 Å². The number of hydrogen-bond donors (Lipinski definition) is 0. The highest BCUT2D eigenvalue weighted by Crippen LogP contribution is 2.68. The van der Waals surface area contributed by atoms with Crippen LogP contribution in [0.3, 0.4) is 0 Å². The second kappa shape index (κ2) is 5.07. The van der Waals surface area contributed by atoms with E-state index in [1.165, 1.54) is 36.8 Å². The molecule has 0 saturated heterocycles. The first-order chi connectivity index (χ1) is 11.3. The van der Waals surface area contributed by atoms with Gasteiger partial charge < -0.3 is 0 Å². The summed E-state index contributed by atoms with van der Waals surface area (Å²) in [5, 5.41) is 0. The number of hydrogen-bond acceptors (Lipinski definition) is 1. The van der Waals surface area contributed by atoms with Crippen LogP contribution >= 0.6 is 0 Å². The first-order valence-corrected chi connectivity index (χ1v) is 9.60. The Kier molecular flexibility index (Phi) is 3.40. The second-order valence-corrected chi connectivity index (χ2v) is 9.57. The molecule has 0 spiro atoms. The van der Waals surface area contributed by atoms with Gasteiger partial charge in [-0.25, -0.2) is 0 Å². The van der Waals surface area contributed by atoms with E-state index in [1.807, 2.05) is 6.07 Å². The minimum atomic E-state index is 0.0110. The summed E-state index contributed by atoms with van der Waals surface area (Å²) in [7, 11) is 0. The molecule has 0 heterocycles. The summed E-state index contributed by atoms with van der Waals surface area (Å²) in [5.74, 6) is 1.07. The molecule has 1 nitrogen and oxygen atoms in total. The van der Waals surface area contributed by atoms with Crippen molar-refractivity contribution in [2.45, 2.75) is 65.7 Å². The van der Waals surface area contributed by atoms with E-state index in [9.17, 15) is 4.79 Å². The Balaban J connectivity index is 1.80. The molecule has 0 aliphatic heterocycles. The van der Waals surface area contributed by atoms with Gasteiger partial charge in [0.05, 0.1) is 5.92 Å². The van der Waals surface area contributed by atoms with E-state index >= 15 is 0 Å². The van der Waals surface area contributed by atoms with Gasteiger partial charge in [-0.3, -0.25) is 4.79 Å². The molecule has 4 atom stereocenters. The van der Waals surface area contributed by atoms with Gasteiger partial charge in [0.1, 0.15) is 0 Å². The molecule has 0 amide bonds. The van der Waals surface area contributed by atoms with Crippen LogP contribution in [0.4, 0.5) is 0 Å². The Labute approximate surface area is 146 Å². The van der Waals surface area contributed by atoms with Crippen molar-refractivity contribution in [1.82, 2.24) is 0 Å². The van der Waals surface area contributed by atoms with Crippen LogP contribution in [0, 0.1) is 22.2 Å². The molecule has 0 N–H and O–H groups in total. The van der Waals surface area contributed by atoms with E-state index in [1.54, 1.807) is 0 Å². The molecule has 2 fully saturated rings. The average Bonchev–Trinajstić information content (AvgIpc) is 2.79. The maximum atomic E-state index is 13.0. The molecule has 3 aliphatic rings. The minimum Gasteiger partial charge on any atom is -0.294 e. The van der Waals surface area contributed by atoms with Crippen molar-refractivity contribution in [2.75, 3.05) is 0 Å². The van der Waals surface area contributed by atoms with Gasteiger partial charge in [0.15, 0.2) is 5.78 Å². The van der Waals surface area contributed by atoms with Crippen molar-refractivity contribution in [3.8, 4) is 0 Å². The monoisotopic (exact) mass is 322 g/mol. The van der Waals surface area contributed by atoms with Crippen molar-refractivity contribution >= 4 is 5.78 Å². The molecule has 1 aromatic carbocycles. The van der Waals surface area contributed by atoms with Gasteiger partial charge in [-0.05, 0) is 54.1 Å². The van der Waals surface area contributed by atoms with Crippen LogP contribution in [0.1, 0.15) is 71.3 Å². The molecule has 1 heteroatoms. The third-order valence-corrected chi connectivity index (χ3v) is 7.75. The summed E-state index contributed by atoms with van der Waals surface area (Å²) in [4.78, 5) is 13.0. The zero-order valence-corrected chi connectivity index (χ0v) is 15.6. The second-order valence-electron chi connectivity index (χ2n) is 9.57. The lowest BCUT2D eigenvalue weighted by Crippen LogP contribution is -2.50.